The summed E-state index contributed by atoms with van der Waals surface area (Å²) in [4.78, 5) is 0. The zero-order valence-electron chi connectivity index (χ0n) is 14.7. The van der Waals surface area contributed by atoms with Crippen molar-refractivity contribution in [2.75, 3.05) is 18.9 Å². The molecule has 0 saturated carbocycles. The number of ether oxygens (including phenoxy) is 2. The van der Waals surface area contributed by atoms with E-state index >= 15 is 0 Å². The molecule has 0 aliphatic carbocycles. The number of hydrogen-bond donors (Lipinski definition) is 1. The standard InChI is InChI=1S/C22H27NO2/c1-3-18(2)24-16-6-4-5-7-17-25-22-14-10-20(11-15-22)19-8-12-21(23)13-9-19/h3,8-15H,1-2,4-7,16-17,23H2. The molecule has 0 radical (unpaired) electrons. The van der Waals surface area contributed by atoms with E-state index in [4.69, 9.17) is 15.2 Å². The summed E-state index contributed by atoms with van der Waals surface area (Å²) in [6.07, 6.45) is 5.97. The number of unbranched alkanes of at least 4 members (excludes halogenated alkanes) is 3. The molecule has 0 saturated heterocycles. The molecule has 0 atom stereocenters. The average Bonchev–Trinajstić information content (AvgIpc) is 2.65. The first-order chi connectivity index (χ1) is 12.2. The lowest BCUT2D eigenvalue weighted by Gasteiger charge is -2.08. The Morgan fingerprint density at radius 3 is 2.00 bits per heavy atom. The van der Waals surface area contributed by atoms with Crippen molar-refractivity contribution in [3.05, 3.63) is 73.5 Å². The van der Waals surface area contributed by atoms with Gasteiger partial charge in [0, 0.05) is 5.69 Å². The van der Waals surface area contributed by atoms with Crippen molar-refractivity contribution in [3.63, 3.8) is 0 Å². The van der Waals surface area contributed by atoms with Gasteiger partial charge in [0.25, 0.3) is 0 Å². The number of nitrogen functional groups attached to an aromatic ring is 1. The summed E-state index contributed by atoms with van der Waals surface area (Å²) in [7, 11) is 0. The van der Waals surface area contributed by atoms with Crippen LogP contribution >= 0.6 is 0 Å². The number of anilines is 1. The number of rotatable bonds is 11. The van der Waals surface area contributed by atoms with E-state index in [-0.39, 0.29) is 0 Å². The highest BCUT2D eigenvalue weighted by atomic mass is 16.5. The summed E-state index contributed by atoms with van der Waals surface area (Å²) in [6.45, 7) is 8.77. The van der Waals surface area contributed by atoms with E-state index in [0.717, 1.165) is 54.9 Å². The van der Waals surface area contributed by atoms with Gasteiger partial charge in [-0.15, -0.1) is 0 Å². The van der Waals surface area contributed by atoms with Crippen LogP contribution in [0.4, 0.5) is 5.69 Å². The molecule has 2 N–H and O–H groups in total. The van der Waals surface area contributed by atoms with Crippen LogP contribution in [0, 0.1) is 0 Å². The Morgan fingerprint density at radius 2 is 1.40 bits per heavy atom. The van der Waals surface area contributed by atoms with Crippen molar-refractivity contribution in [3.8, 4) is 16.9 Å². The summed E-state index contributed by atoms with van der Waals surface area (Å²) >= 11 is 0. The van der Waals surface area contributed by atoms with E-state index in [9.17, 15) is 0 Å². The van der Waals surface area contributed by atoms with Crippen molar-refractivity contribution >= 4 is 5.69 Å². The van der Waals surface area contributed by atoms with Crippen LogP contribution in [0.2, 0.25) is 0 Å². The minimum atomic E-state index is 0.644. The largest absolute Gasteiger partial charge is 0.494 e. The molecular weight excluding hydrogens is 310 g/mol. The van der Waals surface area contributed by atoms with Crippen LogP contribution in [0.1, 0.15) is 25.7 Å². The van der Waals surface area contributed by atoms with Gasteiger partial charge >= 0.3 is 0 Å². The number of allylic oxidation sites excluding steroid dienone is 1. The second-order valence-electron chi connectivity index (χ2n) is 5.93. The average molecular weight is 337 g/mol. The molecule has 0 unspecified atom stereocenters. The van der Waals surface area contributed by atoms with Crippen molar-refractivity contribution in [2.24, 2.45) is 0 Å². The van der Waals surface area contributed by atoms with E-state index in [0.29, 0.717) is 12.4 Å². The highest BCUT2D eigenvalue weighted by Crippen LogP contribution is 2.23. The second kappa shape index (κ2) is 10.2. The van der Waals surface area contributed by atoms with Crippen LogP contribution in [0.3, 0.4) is 0 Å². The molecule has 2 aromatic carbocycles. The highest BCUT2D eigenvalue weighted by Gasteiger charge is 1.99. The topological polar surface area (TPSA) is 44.5 Å². The summed E-state index contributed by atoms with van der Waals surface area (Å²) in [5.41, 5.74) is 8.81. The molecule has 0 fully saturated rings. The maximum absolute atomic E-state index is 5.80. The third-order valence-electron chi connectivity index (χ3n) is 3.92. The van der Waals surface area contributed by atoms with Crippen LogP contribution < -0.4 is 10.5 Å². The molecule has 0 aliphatic heterocycles. The Kier molecular flexibility index (Phi) is 7.64. The smallest absolute Gasteiger partial charge is 0.119 e. The maximum atomic E-state index is 5.80. The highest BCUT2D eigenvalue weighted by molar-refractivity contribution is 5.66. The number of nitrogens with two attached hydrogens (primary N) is 1. The molecule has 0 heterocycles. The van der Waals surface area contributed by atoms with Gasteiger partial charge < -0.3 is 15.2 Å². The molecule has 3 heteroatoms. The fraction of sp³-hybridized carbons (Fsp3) is 0.273. The van der Waals surface area contributed by atoms with Crippen molar-refractivity contribution in [1.82, 2.24) is 0 Å². The minimum absolute atomic E-state index is 0.644. The minimum Gasteiger partial charge on any atom is -0.494 e. The van der Waals surface area contributed by atoms with Gasteiger partial charge in [0.15, 0.2) is 0 Å². The molecule has 2 aromatic rings. The molecule has 2 rings (SSSR count). The molecular formula is C22H27NO2. The fourth-order valence-electron chi connectivity index (χ4n) is 2.43. The van der Waals surface area contributed by atoms with Gasteiger partial charge in [0.05, 0.1) is 13.2 Å². The molecule has 3 nitrogen and oxygen atoms in total. The maximum Gasteiger partial charge on any atom is 0.119 e. The number of hydrogen-bond acceptors (Lipinski definition) is 3. The first-order valence-corrected chi connectivity index (χ1v) is 8.72. The van der Waals surface area contributed by atoms with Gasteiger partial charge in [-0.3, -0.25) is 0 Å². The second-order valence-corrected chi connectivity index (χ2v) is 5.93. The first-order valence-electron chi connectivity index (χ1n) is 8.72. The lowest BCUT2D eigenvalue weighted by Crippen LogP contribution is -1.98. The normalized spacial score (nSPS) is 10.2. The third-order valence-corrected chi connectivity index (χ3v) is 3.92. The molecule has 0 amide bonds. The van der Waals surface area contributed by atoms with Gasteiger partial charge in [-0.25, -0.2) is 0 Å². The Labute approximate surface area is 150 Å². The molecule has 0 aromatic heterocycles. The predicted octanol–water partition coefficient (Wildman–Crippen LogP) is 5.59. The van der Waals surface area contributed by atoms with Crippen LogP contribution in [0.5, 0.6) is 5.75 Å². The Bertz CT molecular complexity index is 659. The van der Waals surface area contributed by atoms with Gasteiger partial charge in [0.2, 0.25) is 0 Å². The van der Waals surface area contributed by atoms with E-state index < -0.39 is 0 Å². The predicted molar refractivity (Wildman–Crippen MR) is 106 cm³/mol. The Hall–Kier alpha value is -2.68. The first kappa shape index (κ1) is 18.7. The fourth-order valence-corrected chi connectivity index (χ4v) is 2.43. The van der Waals surface area contributed by atoms with Gasteiger partial charge in [-0.1, -0.05) is 37.4 Å². The molecule has 132 valence electrons. The Morgan fingerprint density at radius 1 is 0.840 bits per heavy atom. The van der Waals surface area contributed by atoms with Crippen LogP contribution in [-0.2, 0) is 4.74 Å². The van der Waals surface area contributed by atoms with Crippen molar-refractivity contribution < 1.29 is 9.47 Å². The molecule has 0 aliphatic rings. The van der Waals surface area contributed by atoms with Crippen LogP contribution in [0.15, 0.2) is 73.5 Å². The lowest BCUT2D eigenvalue weighted by molar-refractivity contribution is 0.216. The summed E-state index contributed by atoms with van der Waals surface area (Å²) < 4.78 is 11.2. The van der Waals surface area contributed by atoms with Gasteiger partial charge in [-0.05, 0) is 67.2 Å². The van der Waals surface area contributed by atoms with Gasteiger partial charge in [0.1, 0.15) is 11.5 Å². The van der Waals surface area contributed by atoms with Crippen LogP contribution in [0.25, 0.3) is 11.1 Å². The zero-order valence-corrected chi connectivity index (χ0v) is 14.7. The Balaban J connectivity index is 1.62. The van der Waals surface area contributed by atoms with Crippen molar-refractivity contribution in [2.45, 2.75) is 25.7 Å². The summed E-state index contributed by atoms with van der Waals surface area (Å²) in [6, 6.07) is 16.1. The molecule has 0 bridgehead atoms. The summed E-state index contributed by atoms with van der Waals surface area (Å²) in [5.74, 6) is 1.55. The van der Waals surface area contributed by atoms with E-state index in [1.54, 1.807) is 6.08 Å². The van der Waals surface area contributed by atoms with E-state index in [1.807, 2.05) is 36.4 Å². The van der Waals surface area contributed by atoms with Crippen LogP contribution in [-0.4, -0.2) is 13.2 Å². The molecule has 0 spiro atoms. The zero-order chi connectivity index (χ0) is 17.9. The van der Waals surface area contributed by atoms with Gasteiger partial charge in [-0.2, -0.15) is 0 Å². The SMILES string of the molecule is C=CC(=C)OCCCCCCOc1ccc(-c2ccc(N)cc2)cc1. The van der Waals surface area contributed by atoms with E-state index in [2.05, 4.69) is 25.3 Å². The monoisotopic (exact) mass is 337 g/mol. The van der Waals surface area contributed by atoms with Crippen molar-refractivity contribution in [1.29, 1.82) is 0 Å². The quantitative estimate of drug-likeness (QED) is 0.251. The summed E-state index contributed by atoms with van der Waals surface area (Å²) in [5, 5.41) is 0. The van der Waals surface area contributed by atoms with E-state index in [1.165, 1.54) is 0 Å². The third kappa shape index (κ3) is 6.76. The molecule has 25 heavy (non-hydrogen) atoms. The lowest BCUT2D eigenvalue weighted by atomic mass is 10.1. The number of benzene rings is 2.